The number of thioether (sulfide) groups is 1. The average molecular weight is 296 g/mol. The fraction of sp³-hybridized carbons (Fsp3) is 0.118. The van der Waals surface area contributed by atoms with Gasteiger partial charge >= 0.3 is 0 Å². The van der Waals surface area contributed by atoms with E-state index in [-0.39, 0.29) is 5.91 Å². The molecule has 4 heteroatoms. The molecule has 0 aliphatic carbocycles. The fourth-order valence-electron chi connectivity index (χ4n) is 2.36. The Hall–Kier alpha value is -2.20. The van der Waals surface area contributed by atoms with E-state index in [0.29, 0.717) is 6.54 Å². The van der Waals surface area contributed by atoms with Crippen LogP contribution in [0.25, 0.3) is 10.9 Å². The number of fused-ring (bicyclic) bond motifs is 1. The van der Waals surface area contributed by atoms with E-state index in [1.807, 2.05) is 60.9 Å². The number of nitrogens with one attached hydrogen (secondary N) is 2. The van der Waals surface area contributed by atoms with Crippen LogP contribution in [0, 0.1) is 0 Å². The second kappa shape index (κ2) is 6.06. The van der Waals surface area contributed by atoms with E-state index < -0.39 is 0 Å². The Kier molecular flexibility index (Phi) is 3.97. The Morgan fingerprint density at radius 1 is 1.10 bits per heavy atom. The molecule has 0 bridgehead atoms. The maximum absolute atomic E-state index is 12.5. The summed E-state index contributed by atoms with van der Waals surface area (Å²) >= 11 is 1.55. The minimum absolute atomic E-state index is 0.0411. The van der Waals surface area contributed by atoms with Gasteiger partial charge in [0, 0.05) is 17.4 Å². The van der Waals surface area contributed by atoms with E-state index in [2.05, 4.69) is 10.3 Å². The Bertz CT molecular complexity index is 765. The minimum atomic E-state index is -0.0411. The zero-order valence-corrected chi connectivity index (χ0v) is 12.5. The molecule has 106 valence electrons. The molecular weight excluding hydrogens is 280 g/mol. The SMILES string of the molecule is CSc1[nH]c2ccccc2c1C(=O)NCc1ccccc1. The molecule has 0 fully saturated rings. The quantitative estimate of drug-likeness (QED) is 0.719. The summed E-state index contributed by atoms with van der Waals surface area (Å²) in [5.74, 6) is -0.0411. The van der Waals surface area contributed by atoms with Crippen molar-refractivity contribution in [3.8, 4) is 0 Å². The van der Waals surface area contributed by atoms with Gasteiger partial charge in [-0.1, -0.05) is 48.5 Å². The number of hydrogen-bond acceptors (Lipinski definition) is 2. The molecule has 3 nitrogen and oxygen atoms in total. The Balaban J connectivity index is 1.87. The summed E-state index contributed by atoms with van der Waals surface area (Å²) in [5, 5.41) is 4.87. The highest BCUT2D eigenvalue weighted by Crippen LogP contribution is 2.28. The molecule has 2 aromatic carbocycles. The lowest BCUT2D eigenvalue weighted by Gasteiger charge is -2.06. The third-order valence-corrected chi connectivity index (χ3v) is 4.11. The van der Waals surface area contributed by atoms with Gasteiger partial charge in [0.05, 0.1) is 10.6 Å². The maximum Gasteiger partial charge on any atom is 0.254 e. The number of hydrogen-bond donors (Lipinski definition) is 2. The summed E-state index contributed by atoms with van der Waals surface area (Å²) in [7, 11) is 0. The van der Waals surface area contributed by atoms with E-state index in [1.54, 1.807) is 11.8 Å². The second-order valence-corrected chi connectivity index (χ2v) is 5.56. The molecule has 0 atom stereocenters. The van der Waals surface area contributed by atoms with Gasteiger partial charge in [0.2, 0.25) is 0 Å². The lowest BCUT2D eigenvalue weighted by molar-refractivity contribution is 0.0949. The normalized spacial score (nSPS) is 10.7. The Labute approximate surface area is 127 Å². The summed E-state index contributed by atoms with van der Waals surface area (Å²) in [6.07, 6.45) is 1.97. The van der Waals surface area contributed by atoms with Crippen LogP contribution in [0.1, 0.15) is 15.9 Å². The largest absolute Gasteiger partial charge is 0.349 e. The van der Waals surface area contributed by atoms with Crippen molar-refractivity contribution in [2.45, 2.75) is 11.6 Å². The van der Waals surface area contributed by atoms with Crippen LogP contribution in [-0.4, -0.2) is 17.1 Å². The van der Waals surface area contributed by atoms with Crippen LogP contribution in [0.4, 0.5) is 0 Å². The van der Waals surface area contributed by atoms with Crippen LogP contribution in [0.3, 0.4) is 0 Å². The molecule has 21 heavy (non-hydrogen) atoms. The van der Waals surface area contributed by atoms with Crippen LogP contribution in [-0.2, 0) is 6.54 Å². The van der Waals surface area contributed by atoms with Gasteiger partial charge in [-0.25, -0.2) is 0 Å². The summed E-state index contributed by atoms with van der Waals surface area (Å²) in [6, 6.07) is 17.8. The summed E-state index contributed by atoms with van der Waals surface area (Å²) < 4.78 is 0. The maximum atomic E-state index is 12.5. The Morgan fingerprint density at radius 2 is 1.81 bits per heavy atom. The van der Waals surface area contributed by atoms with Gasteiger partial charge in [-0.05, 0) is 17.9 Å². The predicted molar refractivity (Wildman–Crippen MR) is 87.7 cm³/mol. The van der Waals surface area contributed by atoms with Crippen LogP contribution >= 0.6 is 11.8 Å². The van der Waals surface area contributed by atoms with Crippen LogP contribution in [0.5, 0.6) is 0 Å². The van der Waals surface area contributed by atoms with Crippen molar-refractivity contribution >= 4 is 28.6 Å². The first-order chi connectivity index (χ1) is 10.3. The lowest BCUT2D eigenvalue weighted by atomic mass is 10.1. The van der Waals surface area contributed by atoms with Crippen molar-refractivity contribution in [3.63, 3.8) is 0 Å². The van der Waals surface area contributed by atoms with Crippen LogP contribution < -0.4 is 5.32 Å². The Morgan fingerprint density at radius 3 is 2.57 bits per heavy atom. The number of carbonyl (C=O) groups excluding carboxylic acids is 1. The number of aromatic nitrogens is 1. The van der Waals surface area contributed by atoms with Crippen molar-refractivity contribution in [2.75, 3.05) is 6.26 Å². The van der Waals surface area contributed by atoms with E-state index in [1.165, 1.54) is 0 Å². The number of benzene rings is 2. The molecule has 1 amide bonds. The van der Waals surface area contributed by atoms with Gasteiger partial charge in [0.25, 0.3) is 5.91 Å². The number of aromatic amines is 1. The summed E-state index contributed by atoms with van der Waals surface area (Å²) in [4.78, 5) is 15.8. The first-order valence-corrected chi connectivity index (χ1v) is 7.99. The first-order valence-electron chi connectivity index (χ1n) is 6.76. The monoisotopic (exact) mass is 296 g/mol. The van der Waals surface area contributed by atoms with E-state index in [4.69, 9.17) is 0 Å². The second-order valence-electron chi connectivity index (χ2n) is 4.75. The molecule has 0 radical (unpaired) electrons. The molecule has 0 saturated carbocycles. The number of H-pyrrole nitrogens is 1. The highest BCUT2D eigenvalue weighted by Gasteiger charge is 2.17. The molecule has 0 aliphatic rings. The summed E-state index contributed by atoms with van der Waals surface area (Å²) in [5.41, 5.74) is 2.82. The minimum Gasteiger partial charge on any atom is -0.349 e. The zero-order chi connectivity index (χ0) is 14.7. The van der Waals surface area contributed by atoms with Gasteiger partial charge in [-0.2, -0.15) is 0 Å². The summed E-state index contributed by atoms with van der Waals surface area (Å²) in [6.45, 7) is 0.535. The van der Waals surface area contributed by atoms with Crippen molar-refractivity contribution in [3.05, 3.63) is 65.7 Å². The van der Waals surface area contributed by atoms with Gasteiger partial charge in [0.1, 0.15) is 0 Å². The lowest BCUT2D eigenvalue weighted by Crippen LogP contribution is -2.23. The predicted octanol–water partition coefficient (Wildman–Crippen LogP) is 3.82. The van der Waals surface area contributed by atoms with Crippen molar-refractivity contribution in [1.29, 1.82) is 0 Å². The highest BCUT2D eigenvalue weighted by atomic mass is 32.2. The van der Waals surface area contributed by atoms with E-state index in [0.717, 1.165) is 27.1 Å². The number of rotatable bonds is 4. The van der Waals surface area contributed by atoms with Crippen molar-refractivity contribution in [2.24, 2.45) is 0 Å². The van der Waals surface area contributed by atoms with Gasteiger partial charge in [-0.3, -0.25) is 4.79 Å². The van der Waals surface area contributed by atoms with Crippen LogP contribution in [0.15, 0.2) is 59.6 Å². The van der Waals surface area contributed by atoms with E-state index in [9.17, 15) is 4.79 Å². The molecule has 0 unspecified atom stereocenters. The van der Waals surface area contributed by atoms with Gasteiger partial charge in [-0.15, -0.1) is 11.8 Å². The van der Waals surface area contributed by atoms with Gasteiger partial charge in [0.15, 0.2) is 0 Å². The first kappa shape index (κ1) is 13.8. The molecule has 1 aromatic heterocycles. The smallest absolute Gasteiger partial charge is 0.254 e. The molecule has 3 rings (SSSR count). The molecule has 2 N–H and O–H groups in total. The molecule has 0 saturated heterocycles. The zero-order valence-electron chi connectivity index (χ0n) is 11.7. The average Bonchev–Trinajstić information content (AvgIpc) is 2.92. The number of carbonyl (C=O) groups is 1. The highest BCUT2D eigenvalue weighted by molar-refractivity contribution is 7.98. The molecule has 3 aromatic rings. The number of amides is 1. The van der Waals surface area contributed by atoms with Crippen molar-refractivity contribution < 1.29 is 4.79 Å². The number of para-hydroxylation sites is 1. The fourth-order valence-corrected chi connectivity index (χ4v) is 2.98. The van der Waals surface area contributed by atoms with E-state index >= 15 is 0 Å². The third kappa shape index (κ3) is 2.81. The topological polar surface area (TPSA) is 44.9 Å². The van der Waals surface area contributed by atoms with Crippen molar-refractivity contribution in [1.82, 2.24) is 10.3 Å². The molecule has 1 heterocycles. The standard InChI is InChI=1S/C17H16N2OS/c1-21-17-15(13-9-5-6-10-14(13)19-17)16(20)18-11-12-7-3-2-4-8-12/h2-10,19H,11H2,1H3,(H,18,20). The molecule has 0 aliphatic heterocycles. The van der Waals surface area contributed by atoms with Crippen LogP contribution in [0.2, 0.25) is 0 Å². The van der Waals surface area contributed by atoms with Gasteiger partial charge < -0.3 is 10.3 Å². The third-order valence-electron chi connectivity index (χ3n) is 3.40. The molecule has 0 spiro atoms. The molecular formula is C17H16N2OS.